The van der Waals surface area contributed by atoms with Crippen LogP contribution >= 0.6 is 0 Å². The largest absolute Gasteiger partial charge is 0.481 e. The maximum atomic E-state index is 11.9. The van der Waals surface area contributed by atoms with E-state index in [9.17, 15) is 13.2 Å². The fourth-order valence-corrected chi connectivity index (χ4v) is 2.70. The predicted octanol–water partition coefficient (Wildman–Crippen LogP) is 0.106. The third kappa shape index (κ3) is 3.04. The molecule has 0 aromatic carbocycles. The summed E-state index contributed by atoms with van der Waals surface area (Å²) in [6.07, 6.45) is 1.19. The first kappa shape index (κ1) is 13.7. The van der Waals surface area contributed by atoms with Crippen LogP contribution in [0.2, 0.25) is 0 Å². The van der Waals surface area contributed by atoms with Crippen molar-refractivity contribution in [2.45, 2.75) is 31.7 Å². The maximum Gasteiger partial charge on any atom is 0.307 e. The monoisotopic (exact) mass is 261 g/mol. The zero-order valence-corrected chi connectivity index (χ0v) is 10.6. The Bertz CT molecular complexity index is 508. The van der Waals surface area contributed by atoms with Crippen LogP contribution in [0.3, 0.4) is 0 Å². The van der Waals surface area contributed by atoms with Crippen molar-refractivity contribution in [3.63, 3.8) is 0 Å². The van der Waals surface area contributed by atoms with Gasteiger partial charge >= 0.3 is 5.97 Å². The highest BCUT2D eigenvalue weighted by Gasteiger charge is 2.26. The normalized spacial score (nSPS) is 15.5. The van der Waals surface area contributed by atoms with Crippen LogP contribution in [0, 0.1) is 12.8 Å². The first-order chi connectivity index (χ1) is 7.75. The van der Waals surface area contributed by atoms with E-state index in [0.717, 1.165) is 0 Å². The molecule has 2 atom stereocenters. The Hall–Kier alpha value is -1.41. The van der Waals surface area contributed by atoms with Crippen molar-refractivity contribution in [1.29, 1.82) is 0 Å². The van der Waals surface area contributed by atoms with Crippen LogP contribution in [-0.4, -0.2) is 35.7 Å². The van der Waals surface area contributed by atoms with Gasteiger partial charge in [-0.05, 0) is 13.8 Å². The van der Waals surface area contributed by atoms with Gasteiger partial charge in [0.25, 0.3) is 0 Å². The Kier molecular flexibility index (Phi) is 3.89. The minimum absolute atomic E-state index is 0.0296. The molecule has 1 heterocycles. The topological polar surface area (TPSA) is 112 Å². The standard InChI is InChI=1S/C9H15N3O4S/c1-5(9(13)14)6(2)12-17(15,16)8-4-10-11-7(8)3/h4-6,12H,1-3H3,(H,10,11)(H,13,14). The number of aryl methyl sites for hydroxylation is 1. The number of aromatic nitrogens is 2. The summed E-state index contributed by atoms with van der Waals surface area (Å²) in [7, 11) is -3.73. The van der Waals surface area contributed by atoms with E-state index in [1.807, 2.05) is 0 Å². The molecule has 0 radical (unpaired) electrons. The Labute approximate surface area is 99.3 Å². The first-order valence-corrected chi connectivity index (χ1v) is 6.49. The van der Waals surface area contributed by atoms with E-state index in [-0.39, 0.29) is 4.90 Å². The van der Waals surface area contributed by atoms with Crippen molar-refractivity contribution in [1.82, 2.24) is 14.9 Å². The zero-order chi connectivity index (χ0) is 13.2. The van der Waals surface area contributed by atoms with Gasteiger partial charge in [0.05, 0.1) is 17.8 Å². The van der Waals surface area contributed by atoms with Crippen LogP contribution in [0.5, 0.6) is 0 Å². The van der Waals surface area contributed by atoms with Crippen molar-refractivity contribution in [2.24, 2.45) is 5.92 Å². The molecule has 8 heteroatoms. The third-order valence-corrected chi connectivity index (χ3v) is 4.23. The molecule has 1 aromatic heterocycles. The van der Waals surface area contributed by atoms with Crippen LogP contribution in [0.4, 0.5) is 0 Å². The molecule has 2 unspecified atom stereocenters. The summed E-state index contributed by atoms with van der Waals surface area (Å²) in [5, 5.41) is 14.9. The zero-order valence-electron chi connectivity index (χ0n) is 9.76. The van der Waals surface area contributed by atoms with Gasteiger partial charge in [0.2, 0.25) is 10.0 Å². The van der Waals surface area contributed by atoms with E-state index in [0.29, 0.717) is 5.69 Å². The molecule has 3 N–H and O–H groups in total. The van der Waals surface area contributed by atoms with E-state index in [1.54, 1.807) is 6.92 Å². The molecule has 0 amide bonds. The summed E-state index contributed by atoms with van der Waals surface area (Å²) in [5.41, 5.74) is 0.410. The molecule has 1 aromatic rings. The molecule has 0 aliphatic carbocycles. The lowest BCUT2D eigenvalue weighted by atomic mass is 10.1. The van der Waals surface area contributed by atoms with Gasteiger partial charge in [0, 0.05) is 6.04 Å². The second-order valence-electron chi connectivity index (χ2n) is 3.90. The first-order valence-electron chi connectivity index (χ1n) is 5.01. The minimum Gasteiger partial charge on any atom is -0.481 e. The van der Waals surface area contributed by atoms with Gasteiger partial charge in [-0.25, -0.2) is 13.1 Å². The number of rotatable bonds is 5. The maximum absolute atomic E-state index is 11.9. The van der Waals surface area contributed by atoms with Crippen LogP contribution in [0.15, 0.2) is 11.1 Å². The molecular formula is C9H15N3O4S. The summed E-state index contributed by atoms with van der Waals surface area (Å²) in [5.74, 6) is -1.86. The highest BCUT2D eigenvalue weighted by atomic mass is 32.2. The highest BCUT2D eigenvalue weighted by Crippen LogP contribution is 2.13. The molecule has 0 aliphatic heterocycles. The second kappa shape index (κ2) is 4.84. The Morgan fingerprint density at radius 3 is 2.53 bits per heavy atom. The van der Waals surface area contributed by atoms with E-state index in [4.69, 9.17) is 5.11 Å². The molecule has 0 aliphatic rings. The van der Waals surface area contributed by atoms with Crippen LogP contribution in [0.25, 0.3) is 0 Å². The quantitative estimate of drug-likeness (QED) is 0.696. The van der Waals surface area contributed by atoms with Crippen molar-refractivity contribution in [3.8, 4) is 0 Å². The minimum atomic E-state index is -3.73. The van der Waals surface area contributed by atoms with Crippen molar-refractivity contribution >= 4 is 16.0 Å². The second-order valence-corrected chi connectivity index (χ2v) is 5.58. The van der Waals surface area contributed by atoms with Crippen LogP contribution < -0.4 is 4.72 Å². The van der Waals surface area contributed by atoms with Gasteiger partial charge in [-0.1, -0.05) is 6.92 Å². The van der Waals surface area contributed by atoms with Gasteiger partial charge in [-0.3, -0.25) is 9.89 Å². The smallest absolute Gasteiger partial charge is 0.307 e. The number of nitrogens with zero attached hydrogens (tertiary/aromatic N) is 1. The lowest BCUT2D eigenvalue weighted by Gasteiger charge is -2.17. The van der Waals surface area contributed by atoms with Gasteiger partial charge in [0.1, 0.15) is 4.90 Å². The molecule has 0 saturated carbocycles. The summed E-state index contributed by atoms with van der Waals surface area (Å²) in [6.45, 7) is 4.52. The number of nitrogens with one attached hydrogen (secondary N) is 2. The lowest BCUT2D eigenvalue weighted by molar-refractivity contribution is -0.141. The number of carboxylic acids is 1. The summed E-state index contributed by atoms with van der Waals surface area (Å²) < 4.78 is 26.1. The average molecular weight is 261 g/mol. The molecule has 7 nitrogen and oxygen atoms in total. The van der Waals surface area contributed by atoms with Crippen molar-refractivity contribution in [3.05, 3.63) is 11.9 Å². The molecular weight excluding hydrogens is 246 g/mol. The number of aromatic amines is 1. The number of sulfonamides is 1. The van der Waals surface area contributed by atoms with Gasteiger partial charge in [-0.2, -0.15) is 5.10 Å². The molecule has 0 spiro atoms. The number of hydrogen-bond donors (Lipinski definition) is 3. The van der Waals surface area contributed by atoms with Crippen molar-refractivity contribution < 1.29 is 18.3 Å². The van der Waals surface area contributed by atoms with E-state index < -0.39 is 28.0 Å². The molecule has 0 fully saturated rings. The highest BCUT2D eigenvalue weighted by molar-refractivity contribution is 7.89. The number of aliphatic carboxylic acids is 1. The molecule has 17 heavy (non-hydrogen) atoms. The summed E-state index contributed by atoms with van der Waals surface area (Å²) in [4.78, 5) is 10.8. The molecule has 0 bridgehead atoms. The molecule has 0 saturated heterocycles. The number of hydrogen-bond acceptors (Lipinski definition) is 4. The van der Waals surface area contributed by atoms with Gasteiger partial charge in [0.15, 0.2) is 0 Å². The number of carboxylic acid groups (broad SMARTS) is 1. The van der Waals surface area contributed by atoms with Crippen molar-refractivity contribution in [2.75, 3.05) is 0 Å². The Morgan fingerprint density at radius 2 is 2.12 bits per heavy atom. The van der Waals surface area contributed by atoms with Crippen LogP contribution in [-0.2, 0) is 14.8 Å². The summed E-state index contributed by atoms with van der Waals surface area (Å²) >= 11 is 0. The fourth-order valence-electron chi connectivity index (χ4n) is 1.23. The molecule has 1 rings (SSSR count). The summed E-state index contributed by atoms with van der Waals surface area (Å²) in [6, 6.07) is -0.702. The number of H-pyrrole nitrogens is 1. The Morgan fingerprint density at radius 1 is 1.53 bits per heavy atom. The van der Waals surface area contributed by atoms with E-state index in [1.165, 1.54) is 20.0 Å². The average Bonchev–Trinajstić information content (AvgIpc) is 2.63. The molecule has 96 valence electrons. The van der Waals surface area contributed by atoms with Gasteiger partial charge in [-0.15, -0.1) is 0 Å². The SMILES string of the molecule is Cc1[nH]ncc1S(=O)(=O)NC(C)C(C)C(=O)O. The van der Waals surface area contributed by atoms with Crippen LogP contribution in [0.1, 0.15) is 19.5 Å². The van der Waals surface area contributed by atoms with E-state index >= 15 is 0 Å². The third-order valence-electron chi connectivity index (χ3n) is 2.55. The lowest BCUT2D eigenvalue weighted by Crippen LogP contribution is -2.40. The van der Waals surface area contributed by atoms with Gasteiger partial charge < -0.3 is 5.11 Å². The number of carbonyl (C=O) groups is 1. The van der Waals surface area contributed by atoms with E-state index in [2.05, 4.69) is 14.9 Å². The fraction of sp³-hybridized carbons (Fsp3) is 0.556. The predicted molar refractivity (Wildman–Crippen MR) is 59.9 cm³/mol. The Balaban J connectivity index is 2.89.